The van der Waals surface area contributed by atoms with Crippen LogP contribution in [0.5, 0.6) is 0 Å². The van der Waals surface area contributed by atoms with Gasteiger partial charge in [0.1, 0.15) is 0 Å². The summed E-state index contributed by atoms with van der Waals surface area (Å²) in [5.74, 6) is -0.976. The smallest absolute Gasteiger partial charge is 0.236 e. The molecule has 0 unspecified atom stereocenters. The molecule has 0 N–H and O–H groups in total. The van der Waals surface area contributed by atoms with Crippen molar-refractivity contribution >= 4 is 17.7 Å². The second-order valence-corrected chi connectivity index (χ2v) is 4.18. The minimum atomic E-state index is -0.330. The molecule has 0 radical (unpaired) electrons. The van der Waals surface area contributed by atoms with Gasteiger partial charge in [-0.25, -0.2) is 4.90 Å². The quantitative estimate of drug-likeness (QED) is 0.513. The van der Waals surface area contributed by atoms with Gasteiger partial charge in [-0.05, 0) is 6.42 Å². The lowest BCUT2D eigenvalue weighted by Gasteiger charge is -2.11. The van der Waals surface area contributed by atoms with Gasteiger partial charge in [0.15, 0.2) is 0 Å². The number of carbonyl (C=O) groups excluding carboxylic acids is 3. The zero-order valence-corrected chi connectivity index (χ0v) is 9.83. The van der Waals surface area contributed by atoms with E-state index in [9.17, 15) is 14.4 Å². The average Bonchev–Trinajstić information content (AvgIpc) is 2.58. The molecule has 0 aliphatic carbocycles. The monoisotopic (exact) mass is 225 g/mol. The SMILES string of the molecule is CCCCCCCC(=O)N1C(=O)CCC1=O. The van der Waals surface area contributed by atoms with Crippen LogP contribution in [-0.4, -0.2) is 22.6 Å². The molecule has 1 aliphatic rings. The molecule has 0 saturated carbocycles. The van der Waals surface area contributed by atoms with Gasteiger partial charge in [-0.3, -0.25) is 14.4 Å². The number of likely N-dealkylation sites (tertiary alicyclic amines) is 1. The fraction of sp³-hybridized carbons (Fsp3) is 0.750. The second-order valence-electron chi connectivity index (χ2n) is 4.18. The lowest BCUT2D eigenvalue weighted by molar-refractivity contribution is -0.149. The zero-order chi connectivity index (χ0) is 12.0. The van der Waals surface area contributed by atoms with E-state index >= 15 is 0 Å². The van der Waals surface area contributed by atoms with Gasteiger partial charge in [-0.1, -0.05) is 32.6 Å². The lowest BCUT2D eigenvalue weighted by Crippen LogP contribution is -2.35. The average molecular weight is 225 g/mol. The van der Waals surface area contributed by atoms with Crippen molar-refractivity contribution in [2.45, 2.75) is 58.3 Å². The summed E-state index contributed by atoms with van der Waals surface area (Å²) >= 11 is 0. The first-order chi connectivity index (χ1) is 7.66. The Morgan fingerprint density at radius 3 is 2.19 bits per heavy atom. The topological polar surface area (TPSA) is 54.5 Å². The third-order valence-corrected chi connectivity index (χ3v) is 2.80. The lowest BCUT2D eigenvalue weighted by atomic mass is 10.1. The molecule has 3 amide bonds. The Kier molecular flexibility index (Phi) is 5.15. The van der Waals surface area contributed by atoms with Crippen LogP contribution < -0.4 is 0 Å². The van der Waals surface area contributed by atoms with Crippen LogP contribution in [-0.2, 0) is 14.4 Å². The normalized spacial score (nSPS) is 15.9. The van der Waals surface area contributed by atoms with Gasteiger partial charge in [0.2, 0.25) is 17.7 Å². The maximum Gasteiger partial charge on any atom is 0.236 e. The van der Waals surface area contributed by atoms with Crippen molar-refractivity contribution in [2.75, 3.05) is 0 Å². The number of hydrogen-bond acceptors (Lipinski definition) is 3. The fourth-order valence-corrected chi connectivity index (χ4v) is 1.85. The summed E-state index contributed by atoms with van der Waals surface area (Å²) in [6.07, 6.45) is 5.94. The predicted molar refractivity (Wildman–Crippen MR) is 59.5 cm³/mol. The third-order valence-electron chi connectivity index (χ3n) is 2.80. The molecule has 4 heteroatoms. The number of amides is 3. The Labute approximate surface area is 96.0 Å². The first-order valence-electron chi connectivity index (χ1n) is 6.05. The van der Waals surface area contributed by atoms with Crippen LogP contribution in [0.1, 0.15) is 58.3 Å². The van der Waals surface area contributed by atoms with E-state index in [0.717, 1.165) is 30.6 Å². The van der Waals surface area contributed by atoms with Crippen LogP contribution in [0.15, 0.2) is 0 Å². The Bertz CT molecular complexity index is 270. The van der Waals surface area contributed by atoms with E-state index in [4.69, 9.17) is 0 Å². The highest BCUT2D eigenvalue weighted by Gasteiger charge is 2.33. The highest BCUT2D eigenvalue weighted by Crippen LogP contribution is 2.15. The molecule has 90 valence electrons. The number of rotatable bonds is 6. The molecule has 0 aromatic rings. The zero-order valence-electron chi connectivity index (χ0n) is 9.83. The molecule has 0 aromatic heterocycles. The second kappa shape index (κ2) is 6.40. The van der Waals surface area contributed by atoms with Gasteiger partial charge in [0.25, 0.3) is 0 Å². The molecule has 16 heavy (non-hydrogen) atoms. The van der Waals surface area contributed by atoms with Crippen molar-refractivity contribution in [2.24, 2.45) is 0 Å². The molecule has 1 rings (SSSR count). The number of unbranched alkanes of at least 4 members (excludes halogenated alkanes) is 4. The summed E-state index contributed by atoms with van der Waals surface area (Å²) in [7, 11) is 0. The molecule has 1 aliphatic heterocycles. The van der Waals surface area contributed by atoms with Crippen molar-refractivity contribution in [1.82, 2.24) is 4.90 Å². The molecule has 0 bridgehead atoms. The molecule has 1 fully saturated rings. The van der Waals surface area contributed by atoms with Crippen LogP contribution in [0.4, 0.5) is 0 Å². The van der Waals surface area contributed by atoms with Gasteiger partial charge < -0.3 is 0 Å². The van der Waals surface area contributed by atoms with Gasteiger partial charge in [0, 0.05) is 19.3 Å². The highest BCUT2D eigenvalue weighted by atomic mass is 16.2. The molecular formula is C12H19NO3. The maximum atomic E-state index is 11.6. The largest absolute Gasteiger partial charge is 0.274 e. The van der Waals surface area contributed by atoms with Crippen molar-refractivity contribution < 1.29 is 14.4 Å². The van der Waals surface area contributed by atoms with E-state index in [0.29, 0.717) is 6.42 Å². The number of hydrogen-bond donors (Lipinski definition) is 0. The fourth-order valence-electron chi connectivity index (χ4n) is 1.85. The summed E-state index contributed by atoms with van der Waals surface area (Å²) in [6, 6.07) is 0. The van der Waals surface area contributed by atoms with Crippen LogP contribution in [0.2, 0.25) is 0 Å². The van der Waals surface area contributed by atoms with Crippen LogP contribution in [0.3, 0.4) is 0 Å². The number of nitrogens with zero attached hydrogens (tertiary/aromatic N) is 1. The van der Waals surface area contributed by atoms with Gasteiger partial charge in [0.05, 0.1) is 0 Å². The van der Waals surface area contributed by atoms with E-state index in [1.807, 2.05) is 0 Å². The van der Waals surface area contributed by atoms with Crippen molar-refractivity contribution in [3.8, 4) is 0 Å². The first kappa shape index (κ1) is 12.9. The van der Waals surface area contributed by atoms with Crippen molar-refractivity contribution in [3.05, 3.63) is 0 Å². The molecule has 4 nitrogen and oxygen atoms in total. The predicted octanol–water partition coefficient (Wildman–Crippen LogP) is 2.02. The Morgan fingerprint density at radius 1 is 1.06 bits per heavy atom. The molecular weight excluding hydrogens is 206 g/mol. The molecule has 1 saturated heterocycles. The highest BCUT2D eigenvalue weighted by molar-refractivity contribution is 6.14. The third kappa shape index (κ3) is 3.43. The Morgan fingerprint density at radius 2 is 1.62 bits per heavy atom. The minimum Gasteiger partial charge on any atom is -0.274 e. The summed E-state index contributed by atoms with van der Waals surface area (Å²) in [6.45, 7) is 2.13. The van der Waals surface area contributed by atoms with Crippen LogP contribution >= 0.6 is 0 Å². The van der Waals surface area contributed by atoms with Gasteiger partial charge >= 0.3 is 0 Å². The summed E-state index contributed by atoms with van der Waals surface area (Å²) in [5, 5.41) is 0. The van der Waals surface area contributed by atoms with Crippen molar-refractivity contribution in [3.63, 3.8) is 0 Å². The summed E-state index contributed by atoms with van der Waals surface area (Å²) in [4.78, 5) is 34.9. The molecule has 1 heterocycles. The Balaban J connectivity index is 2.24. The molecule has 0 spiro atoms. The standard InChI is InChI=1S/C12H19NO3/c1-2-3-4-5-6-7-10(14)13-11(15)8-9-12(13)16/h2-9H2,1H3. The number of imide groups is 3. The molecule has 0 aromatic carbocycles. The van der Waals surface area contributed by atoms with E-state index in [1.165, 1.54) is 6.42 Å². The summed E-state index contributed by atoms with van der Waals surface area (Å²) in [5.41, 5.74) is 0. The van der Waals surface area contributed by atoms with Crippen molar-refractivity contribution in [1.29, 1.82) is 0 Å². The van der Waals surface area contributed by atoms with Gasteiger partial charge in [-0.15, -0.1) is 0 Å². The van der Waals surface area contributed by atoms with Gasteiger partial charge in [-0.2, -0.15) is 0 Å². The van der Waals surface area contributed by atoms with E-state index in [2.05, 4.69) is 6.92 Å². The van der Waals surface area contributed by atoms with Crippen LogP contribution in [0.25, 0.3) is 0 Å². The number of carbonyl (C=O) groups is 3. The summed E-state index contributed by atoms with van der Waals surface area (Å²) < 4.78 is 0. The van der Waals surface area contributed by atoms with E-state index < -0.39 is 0 Å². The minimum absolute atomic E-state index is 0.195. The Hall–Kier alpha value is -1.19. The van der Waals surface area contributed by atoms with E-state index in [1.54, 1.807) is 0 Å². The molecule has 0 atom stereocenters. The van der Waals surface area contributed by atoms with E-state index in [-0.39, 0.29) is 30.6 Å². The first-order valence-corrected chi connectivity index (χ1v) is 6.05. The maximum absolute atomic E-state index is 11.6. The van der Waals surface area contributed by atoms with Crippen LogP contribution in [0, 0.1) is 0 Å².